The summed E-state index contributed by atoms with van der Waals surface area (Å²) in [5.74, 6) is 0. The van der Waals surface area contributed by atoms with Crippen LogP contribution < -0.4 is 0 Å². The third-order valence-electron chi connectivity index (χ3n) is 2.82. The molecule has 5 nitrogen and oxygen atoms in total. The van der Waals surface area contributed by atoms with Gasteiger partial charge in [-0.3, -0.25) is 4.90 Å². The van der Waals surface area contributed by atoms with Gasteiger partial charge in [0.05, 0.1) is 39.6 Å². The van der Waals surface area contributed by atoms with Crippen LogP contribution >= 0.6 is 0 Å². The van der Waals surface area contributed by atoms with Gasteiger partial charge in [0.1, 0.15) is 0 Å². The Balaban J connectivity index is 2.33. The summed E-state index contributed by atoms with van der Waals surface area (Å²) < 4.78 is 10.6. The number of rotatable bonds is 12. The second-order valence-electron chi connectivity index (χ2n) is 4.43. The van der Waals surface area contributed by atoms with Crippen LogP contribution in [0.3, 0.4) is 0 Å². The predicted molar refractivity (Wildman–Crippen MR) is 77.5 cm³/mol. The first kappa shape index (κ1) is 17.1. The maximum absolute atomic E-state index is 8.68. The van der Waals surface area contributed by atoms with Crippen molar-refractivity contribution in [2.24, 2.45) is 0 Å². The molecular weight excluding hydrogens is 258 g/mol. The standard InChI is InChI=1S/C15H25NO4/c17-8-12-19-10-6-16(7-11-20-13-9-18)14-15-4-2-1-3-5-15/h1-5,17-18H,6-14H2. The van der Waals surface area contributed by atoms with Crippen LogP contribution in [0.15, 0.2) is 30.3 Å². The van der Waals surface area contributed by atoms with Crippen LogP contribution in [0.4, 0.5) is 0 Å². The summed E-state index contributed by atoms with van der Waals surface area (Å²) in [5.41, 5.74) is 1.25. The molecule has 0 saturated carbocycles. The van der Waals surface area contributed by atoms with E-state index in [-0.39, 0.29) is 13.2 Å². The van der Waals surface area contributed by atoms with Crippen molar-refractivity contribution in [3.05, 3.63) is 35.9 Å². The van der Waals surface area contributed by atoms with Gasteiger partial charge in [-0.05, 0) is 5.56 Å². The molecule has 0 aliphatic heterocycles. The van der Waals surface area contributed by atoms with Crippen molar-refractivity contribution >= 4 is 0 Å². The SMILES string of the molecule is OCCOCCN(CCOCCO)Cc1ccccc1. The maximum Gasteiger partial charge on any atom is 0.0698 e. The van der Waals surface area contributed by atoms with Crippen molar-refractivity contribution in [3.63, 3.8) is 0 Å². The van der Waals surface area contributed by atoms with Gasteiger partial charge < -0.3 is 19.7 Å². The fourth-order valence-electron chi connectivity index (χ4n) is 1.83. The number of nitrogens with zero attached hydrogens (tertiary/aromatic N) is 1. The lowest BCUT2D eigenvalue weighted by molar-refractivity contribution is 0.0486. The molecule has 0 aliphatic rings. The van der Waals surface area contributed by atoms with Gasteiger partial charge in [0.25, 0.3) is 0 Å². The lowest BCUT2D eigenvalue weighted by atomic mass is 10.2. The van der Waals surface area contributed by atoms with E-state index >= 15 is 0 Å². The average molecular weight is 283 g/mol. The lowest BCUT2D eigenvalue weighted by Crippen LogP contribution is -2.31. The fraction of sp³-hybridized carbons (Fsp3) is 0.600. The Bertz CT molecular complexity index is 309. The Morgan fingerprint density at radius 2 is 1.35 bits per heavy atom. The van der Waals surface area contributed by atoms with E-state index in [1.54, 1.807) is 0 Å². The Kier molecular flexibility index (Phi) is 10.1. The van der Waals surface area contributed by atoms with E-state index < -0.39 is 0 Å². The van der Waals surface area contributed by atoms with Crippen LogP contribution in [-0.2, 0) is 16.0 Å². The highest BCUT2D eigenvalue weighted by molar-refractivity contribution is 5.14. The van der Waals surface area contributed by atoms with Crippen molar-refractivity contribution in [2.45, 2.75) is 6.54 Å². The minimum atomic E-state index is 0.0539. The van der Waals surface area contributed by atoms with Gasteiger partial charge in [-0.2, -0.15) is 0 Å². The largest absolute Gasteiger partial charge is 0.394 e. The molecule has 0 unspecified atom stereocenters. The van der Waals surface area contributed by atoms with Gasteiger partial charge >= 0.3 is 0 Å². The molecule has 0 amide bonds. The highest BCUT2D eigenvalue weighted by Crippen LogP contribution is 2.04. The van der Waals surface area contributed by atoms with Gasteiger partial charge in [0.2, 0.25) is 0 Å². The summed E-state index contributed by atoms with van der Waals surface area (Å²) in [6.07, 6.45) is 0. The number of hydrogen-bond acceptors (Lipinski definition) is 5. The summed E-state index contributed by atoms with van der Waals surface area (Å²) in [6.45, 7) is 4.46. The summed E-state index contributed by atoms with van der Waals surface area (Å²) in [7, 11) is 0. The normalized spacial score (nSPS) is 11.2. The van der Waals surface area contributed by atoms with Gasteiger partial charge in [-0.25, -0.2) is 0 Å². The first-order valence-corrected chi connectivity index (χ1v) is 7.00. The molecule has 0 fully saturated rings. The fourth-order valence-corrected chi connectivity index (χ4v) is 1.83. The monoisotopic (exact) mass is 283 g/mol. The number of ether oxygens (including phenoxy) is 2. The molecular formula is C15H25NO4. The summed E-state index contributed by atoms with van der Waals surface area (Å²) in [5, 5.41) is 17.4. The zero-order valence-electron chi connectivity index (χ0n) is 11.9. The van der Waals surface area contributed by atoms with Crippen molar-refractivity contribution in [1.29, 1.82) is 0 Å². The molecule has 0 atom stereocenters. The summed E-state index contributed by atoms with van der Waals surface area (Å²) in [6, 6.07) is 10.2. The van der Waals surface area contributed by atoms with Crippen LogP contribution in [0.5, 0.6) is 0 Å². The van der Waals surface area contributed by atoms with Gasteiger partial charge in [0.15, 0.2) is 0 Å². The molecule has 0 aromatic heterocycles. The van der Waals surface area contributed by atoms with E-state index in [0.717, 1.165) is 19.6 Å². The minimum Gasteiger partial charge on any atom is -0.394 e. The van der Waals surface area contributed by atoms with Crippen molar-refractivity contribution in [1.82, 2.24) is 4.90 Å². The first-order chi connectivity index (χ1) is 9.86. The third kappa shape index (κ3) is 8.24. The van der Waals surface area contributed by atoms with Crippen molar-refractivity contribution < 1.29 is 19.7 Å². The Labute approximate surface area is 120 Å². The van der Waals surface area contributed by atoms with Gasteiger partial charge in [-0.15, -0.1) is 0 Å². The molecule has 114 valence electrons. The van der Waals surface area contributed by atoms with E-state index in [4.69, 9.17) is 19.7 Å². The van der Waals surface area contributed by atoms with Gasteiger partial charge in [0, 0.05) is 19.6 Å². The molecule has 0 heterocycles. The maximum atomic E-state index is 8.68. The van der Waals surface area contributed by atoms with Crippen molar-refractivity contribution in [3.8, 4) is 0 Å². The van der Waals surface area contributed by atoms with Crippen LogP contribution in [0.2, 0.25) is 0 Å². The first-order valence-electron chi connectivity index (χ1n) is 7.00. The molecule has 1 rings (SSSR count). The number of benzene rings is 1. The molecule has 0 aliphatic carbocycles. The van der Waals surface area contributed by atoms with Crippen LogP contribution in [0.25, 0.3) is 0 Å². The molecule has 0 bridgehead atoms. The number of aliphatic hydroxyl groups is 2. The smallest absolute Gasteiger partial charge is 0.0698 e. The van der Waals surface area contributed by atoms with Crippen LogP contribution in [0.1, 0.15) is 5.56 Å². The lowest BCUT2D eigenvalue weighted by Gasteiger charge is -2.22. The molecule has 0 spiro atoms. The summed E-state index contributed by atoms with van der Waals surface area (Å²) >= 11 is 0. The quantitative estimate of drug-likeness (QED) is 0.547. The van der Waals surface area contributed by atoms with E-state index in [2.05, 4.69) is 17.0 Å². The second kappa shape index (κ2) is 11.8. The molecule has 0 radical (unpaired) electrons. The third-order valence-corrected chi connectivity index (χ3v) is 2.82. The average Bonchev–Trinajstić information content (AvgIpc) is 2.49. The number of aliphatic hydroxyl groups excluding tert-OH is 2. The minimum absolute atomic E-state index is 0.0539. The second-order valence-corrected chi connectivity index (χ2v) is 4.43. The van der Waals surface area contributed by atoms with E-state index in [9.17, 15) is 0 Å². The van der Waals surface area contributed by atoms with Crippen LogP contribution in [0, 0.1) is 0 Å². The zero-order valence-corrected chi connectivity index (χ0v) is 11.9. The van der Waals surface area contributed by atoms with Gasteiger partial charge in [-0.1, -0.05) is 30.3 Å². The van der Waals surface area contributed by atoms with E-state index in [0.29, 0.717) is 26.4 Å². The molecule has 1 aromatic rings. The molecule has 20 heavy (non-hydrogen) atoms. The predicted octanol–water partition coefficient (Wildman–Crippen LogP) is 0.506. The molecule has 2 N–H and O–H groups in total. The molecule has 1 aromatic carbocycles. The Morgan fingerprint density at radius 3 is 1.85 bits per heavy atom. The van der Waals surface area contributed by atoms with Crippen LogP contribution in [-0.4, -0.2) is 67.8 Å². The topological polar surface area (TPSA) is 62.2 Å². The highest BCUT2D eigenvalue weighted by atomic mass is 16.5. The molecule has 5 heteroatoms. The Hall–Kier alpha value is -0.980. The van der Waals surface area contributed by atoms with Crippen molar-refractivity contribution in [2.75, 3.05) is 52.7 Å². The molecule has 0 saturated heterocycles. The van der Waals surface area contributed by atoms with E-state index in [1.165, 1.54) is 5.56 Å². The highest BCUT2D eigenvalue weighted by Gasteiger charge is 2.06. The zero-order chi connectivity index (χ0) is 14.5. The Morgan fingerprint density at radius 1 is 0.800 bits per heavy atom. The summed E-state index contributed by atoms with van der Waals surface area (Å²) in [4.78, 5) is 2.24. The van der Waals surface area contributed by atoms with E-state index in [1.807, 2.05) is 18.2 Å². The number of hydrogen-bond donors (Lipinski definition) is 2.